The van der Waals surface area contributed by atoms with Crippen molar-refractivity contribution in [3.8, 4) is 0 Å². The second-order valence-electron chi connectivity index (χ2n) is 13.7. The Kier molecular flexibility index (Phi) is 6.65. The van der Waals surface area contributed by atoms with Gasteiger partial charge in [0.05, 0.1) is 18.8 Å². The molecular formula is C32H45NO4. The Morgan fingerprint density at radius 1 is 1.11 bits per heavy atom. The maximum absolute atomic E-state index is 14.0. The second kappa shape index (κ2) is 9.57. The highest BCUT2D eigenvalue weighted by atomic mass is 16.5. The summed E-state index contributed by atoms with van der Waals surface area (Å²) in [6, 6.07) is 10.6. The molecule has 1 heterocycles. The summed E-state index contributed by atoms with van der Waals surface area (Å²) in [4.78, 5) is 29.0. The van der Waals surface area contributed by atoms with Crippen LogP contribution in [0.1, 0.15) is 71.3 Å². The van der Waals surface area contributed by atoms with Gasteiger partial charge >= 0.3 is 0 Å². The van der Waals surface area contributed by atoms with E-state index < -0.39 is 0 Å². The van der Waals surface area contributed by atoms with Crippen molar-refractivity contribution in [1.29, 1.82) is 0 Å². The van der Waals surface area contributed by atoms with Crippen LogP contribution in [-0.2, 0) is 20.7 Å². The molecule has 1 aromatic carbocycles. The number of rotatable bonds is 4. The molecule has 5 heteroatoms. The average Bonchev–Trinajstić information content (AvgIpc) is 3.21. The van der Waals surface area contributed by atoms with Crippen LogP contribution in [0.2, 0.25) is 0 Å². The predicted octanol–water partition coefficient (Wildman–Crippen LogP) is 4.70. The number of hydrogen-bond acceptors (Lipinski definition) is 5. The molecule has 1 aliphatic heterocycles. The van der Waals surface area contributed by atoms with Crippen molar-refractivity contribution in [2.24, 2.45) is 40.4 Å². The normalized spacial score (nSPS) is 46.1. The number of fused-ring (bicyclic) bond motifs is 5. The van der Waals surface area contributed by atoms with E-state index >= 15 is 0 Å². The molecule has 0 spiro atoms. The molecule has 5 aliphatic rings. The molecule has 0 aromatic heterocycles. The van der Waals surface area contributed by atoms with Crippen molar-refractivity contribution in [3.63, 3.8) is 0 Å². The lowest BCUT2D eigenvalue weighted by Crippen LogP contribution is -2.63. The fourth-order valence-corrected chi connectivity index (χ4v) is 10.2. The van der Waals surface area contributed by atoms with Gasteiger partial charge < -0.3 is 9.84 Å². The maximum atomic E-state index is 14.0. The van der Waals surface area contributed by atoms with Gasteiger partial charge in [0.1, 0.15) is 11.6 Å². The number of aliphatic hydroxyl groups is 1. The van der Waals surface area contributed by atoms with Gasteiger partial charge in [-0.15, -0.1) is 0 Å². The fraction of sp³-hybridized carbons (Fsp3) is 0.750. The molecule has 4 aliphatic carbocycles. The molecule has 1 unspecified atom stereocenters. The first-order chi connectivity index (χ1) is 17.7. The Bertz CT molecular complexity index is 1030. The van der Waals surface area contributed by atoms with Crippen LogP contribution in [0.15, 0.2) is 30.3 Å². The van der Waals surface area contributed by atoms with Crippen LogP contribution < -0.4 is 0 Å². The molecule has 6 rings (SSSR count). The van der Waals surface area contributed by atoms with E-state index in [2.05, 4.69) is 43.0 Å². The Morgan fingerprint density at radius 3 is 2.65 bits per heavy atom. The standard InChI is InChI=1S/C32H45NO4/c1-20(34)25-11-12-26-24-10-9-22-16-28(35)27(17-31(22,2)30(24)29(36)18-32(25,26)3)33-13-14-37-23(19-33)15-21-7-5-4-6-8-21/h4-8,22-28,30,35H,9-19H2,1-3H3/t22-,23?,24-,25+,26-,27-,28-,30+,31-,32+/m0/s1. The molecule has 0 bridgehead atoms. The van der Waals surface area contributed by atoms with Gasteiger partial charge in [0.2, 0.25) is 0 Å². The van der Waals surface area contributed by atoms with Crippen LogP contribution in [0.25, 0.3) is 0 Å². The van der Waals surface area contributed by atoms with E-state index in [1.54, 1.807) is 6.92 Å². The van der Waals surface area contributed by atoms with Gasteiger partial charge in [0, 0.05) is 37.4 Å². The molecule has 1 aromatic rings. The Hall–Kier alpha value is -1.56. The first kappa shape index (κ1) is 25.7. The number of ketones is 2. The minimum Gasteiger partial charge on any atom is -0.391 e. The summed E-state index contributed by atoms with van der Waals surface area (Å²) in [7, 11) is 0. The zero-order chi connectivity index (χ0) is 25.9. The van der Waals surface area contributed by atoms with Crippen molar-refractivity contribution in [2.45, 2.75) is 90.4 Å². The molecule has 202 valence electrons. The molecule has 0 amide bonds. The average molecular weight is 508 g/mol. The smallest absolute Gasteiger partial charge is 0.137 e. The van der Waals surface area contributed by atoms with E-state index in [-0.39, 0.29) is 46.7 Å². The Balaban J connectivity index is 1.22. The van der Waals surface area contributed by atoms with Gasteiger partial charge in [-0.05, 0) is 86.0 Å². The van der Waals surface area contributed by atoms with E-state index in [0.717, 1.165) is 58.0 Å². The first-order valence-electron chi connectivity index (χ1n) is 14.8. The van der Waals surface area contributed by atoms with Crippen molar-refractivity contribution in [2.75, 3.05) is 19.7 Å². The molecular weight excluding hydrogens is 462 g/mol. The van der Waals surface area contributed by atoms with Crippen LogP contribution in [0.3, 0.4) is 0 Å². The van der Waals surface area contributed by atoms with Crippen molar-refractivity contribution >= 4 is 11.6 Å². The molecule has 0 radical (unpaired) electrons. The molecule has 5 fully saturated rings. The first-order valence-corrected chi connectivity index (χ1v) is 14.8. The Labute approximate surface area is 222 Å². The van der Waals surface area contributed by atoms with Crippen LogP contribution >= 0.6 is 0 Å². The number of benzene rings is 1. The molecule has 1 saturated heterocycles. The van der Waals surface area contributed by atoms with Crippen LogP contribution in [0.4, 0.5) is 0 Å². The van der Waals surface area contributed by atoms with Gasteiger partial charge in [-0.25, -0.2) is 0 Å². The highest BCUT2D eigenvalue weighted by Crippen LogP contribution is 2.66. The van der Waals surface area contributed by atoms with E-state index in [4.69, 9.17) is 4.74 Å². The third kappa shape index (κ3) is 4.24. The van der Waals surface area contributed by atoms with Crippen LogP contribution in [0, 0.1) is 40.4 Å². The SMILES string of the molecule is CC(=O)[C@H]1CC[C@H]2[C@@H]3CC[C@H]4C[C@H](O)[C@@H](N5CCOC(Cc6ccccc6)C5)C[C@]4(C)[C@H]3C(=O)C[C@]12C. The summed E-state index contributed by atoms with van der Waals surface area (Å²) >= 11 is 0. The minimum absolute atomic E-state index is 0.0451. The largest absolute Gasteiger partial charge is 0.391 e. The van der Waals surface area contributed by atoms with Gasteiger partial charge in [0.15, 0.2) is 0 Å². The summed E-state index contributed by atoms with van der Waals surface area (Å²) in [5.74, 6) is 2.07. The highest BCUT2D eigenvalue weighted by Gasteiger charge is 2.64. The highest BCUT2D eigenvalue weighted by molar-refractivity contribution is 5.87. The van der Waals surface area contributed by atoms with Crippen LogP contribution in [-0.4, -0.2) is 59.5 Å². The number of carbonyl (C=O) groups excluding carboxylic acids is 2. The predicted molar refractivity (Wildman–Crippen MR) is 143 cm³/mol. The lowest BCUT2D eigenvalue weighted by atomic mass is 9.43. The zero-order valence-corrected chi connectivity index (χ0v) is 22.9. The molecule has 5 nitrogen and oxygen atoms in total. The number of carbonyl (C=O) groups is 2. The summed E-state index contributed by atoms with van der Waals surface area (Å²) < 4.78 is 6.16. The van der Waals surface area contributed by atoms with Gasteiger partial charge in [0.25, 0.3) is 0 Å². The lowest BCUT2D eigenvalue weighted by molar-refractivity contribution is -0.173. The summed E-state index contributed by atoms with van der Waals surface area (Å²) in [5, 5.41) is 11.4. The number of hydrogen-bond donors (Lipinski definition) is 1. The third-order valence-electron chi connectivity index (χ3n) is 11.8. The quantitative estimate of drug-likeness (QED) is 0.640. The van der Waals surface area contributed by atoms with E-state index in [9.17, 15) is 14.7 Å². The fourth-order valence-electron chi connectivity index (χ4n) is 10.2. The third-order valence-corrected chi connectivity index (χ3v) is 11.8. The molecule has 1 N–H and O–H groups in total. The summed E-state index contributed by atoms with van der Waals surface area (Å²) in [5.41, 5.74) is 1.06. The molecule has 10 atom stereocenters. The van der Waals surface area contributed by atoms with Crippen molar-refractivity contribution < 1.29 is 19.4 Å². The number of aliphatic hydroxyl groups excluding tert-OH is 1. The number of nitrogens with zero attached hydrogens (tertiary/aromatic N) is 1. The van der Waals surface area contributed by atoms with E-state index in [1.165, 1.54) is 5.56 Å². The van der Waals surface area contributed by atoms with Crippen molar-refractivity contribution in [1.82, 2.24) is 4.90 Å². The lowest BCUT2D eigenvalue weighted by Gasteiger charge is -2.61. The van der Waals surface area contributed by atoms with Gasteiger partial charge in [-0.3, -0.25) is 14.5 Å². The van der Waals surface area contributed by atoms with Crippen molar-refractivity contribution in [3.05, 3.63) is 35.9 Å². The number of Topliss-reactive ketones (excluding diaryl/α,β-unsaturated/α-hetero) is 2. The Morgan fingerprint density at radius 2 is 1.89 bits per heavy atom. The summed E-state index contributed by atoms with van der Waals surface area (Å²) in [6.07, 6.45) is 7.16. The van der Waals surface area contributed by atoms with Gasteiger partial charge in [-0.2, -0.15) is 0 Å². The molecule has 4 saturated carbocycles. The van der Waals surface area contributed by atoms with E-state index in [0.29, 0.717) is 36.6 Å². The topological polar surface area (TPSA) is 66.8 Å². The maximum Gasteiger partial charge on any atom is 0.137 e. The number of ether oxygens (including phenoxy) is 1. The van der Waals surface area contributed by atoms with Crippen LogP contribution in [0.5, 0.6) is 0 Å². The second-order valence-corrected chi connectivity index (χ2v) is 13.7. The summed E-state index contributed by atoms with van der Waals surface area (Å²) in [6.45, 7) is 8.73. The monoisotopic (exact) mass is 507 g/mol. The molecule has 37 heavy (non-hydrogen) atoms. The zero-order valence-electron chi connectivity index (χ0n) is 22.9. The number of morpholine rings is 1. The van der Waals surface area contributed by atoms with Gasteiger partial charge in [-0.1, -0.05) is 44.2 Å². The minimum atomic E-state index is -0.345. The van der Waals surface area contributed by atoms with E-state index in [1.807, 2.05) is 6.07 Å².